The Labute approximate surface area is 80.7 Å². The molecule has 0 saturated carbocycles. The van der Waals surface area contributed by atoms with Crippen molar-refractivity contribution >= 4 is 5.91 Å². The van der Waals surface area contributed by atoms with E-state index in [1.165, 1.54) is 0 Å². The van der Waals surface area contributed by atoms with Gasteiger partial charge in [0.05, 0.1) is 0 Å². The van der Waals surface area contributed by atoms with Gasteiger partial charge in [0.2, 0.25) is 5.91 Å². The van der Waals surface area contributed by atoms with E-state index in [9.17, 15) is 4.79 Å². The first kappa shape index (κ1) is 10.5. The molecule has 0 aromatic carbocycles. The number of carbonyl (C=O) groups is 1. The summed E-state index contributed by atoms with van der Waals surface area (Å²) in [6.45, 7) is 8.28. The largest absolute Gasteiger partial charge is 0.275 e. The van der Waals surface area contributed by atoms with Gasteiger partial charge in [0.25, 0.3) is 0 Å². The molecular formula is C10H20N2O. The fraction of sp³-hybridized carbons (Fsp3) is 0.900. The van der Waals surface area contributed by atoms with Crippen molar-refractivity contribution in [2.75, 3.05) is 13.1 Å². The number of hydrogen-bond donors (Lipinski definition) is 0. The highest BCUT2D eigenvalue weighted by Crippen LogP contribution is 2.19. The summed E-state index contributed by atoms with van der Waals surface area (Å²) in [6, 6.07) is 0.402. The van der Waals surface area contributed by atoms with Crippen molar-refractivity contribution in [1.29, 1.82) is 0 Å². The van der Waals surface area contributed by atoms with Gasteiger partial charge in [-0.15, -0.1) is 0 Å². The fourth-order valence-electron chi connectivity index (χ4n) is 1.88. The maximum absolute atomic E-state index is 11.5. The second-order valence-corrected chi connectivity index (χ2v) is 3.73. The van der Waals surface area contributed by atoms with Crippen LogP contribution in [-0.4, -0.2) is 35.1 Å². The lowest BCUT2D eigenvalue weighted by Gasteiger charge is -2.30. The Balaban J connectivity index is 2.59. The Hall–Kier alpha value is -0.570. The third kappa shape index (κ3) is 2.21. The van der Waals surface area contributed by atoms with Gasteiger partial charge < -0.3 is 0 Å². The van der Waals surface area contributed by atoms with E-state index in [0.717, 1.165) is 25.9 Å². The van der Waals surface area contributed by atoms with Crippen LogP contribution in [0.2, 0.25) is 0 Å². The van der Waals surface area contributed by atoms with E-state index < -0.39 is 0 Å². The molecule has 0 bridgehead atoms. The standard InChI is InChI=1S/C10H20N2O/c1-4-6-11-9(3)8-10(13)12(11)7-5-2/h9H,4-8H2,1-3H3. The molecule has 0 aromatic rings. The molecule has 76 valence electrons. The van der Waals surface area contributed by atoms with E-state index in [2.05, 4.69) is 25.8 Å². The monoisotopic (exact) mass is 184 g/mol. The van der Waals surface area contributed by atoms with Crippen LogP contribution in [0.1, 0.15) is 40.0 Å². The Bertz CT molecular complexity index is 182. The summed E-state index contributed by atoms with van der Waals surface area (Å²) in [6.07, 6.45) is 2.84. The summed E-state index contributed by atoms with van der Waals surface area (Å²) in [5, 5.41) is 4.14. The molecule has 13 heavy (non-hydrogen) atoms. The molecule has 1 amide bonds. The van der Waals surface area contributed by atoms with E-state index in [0.29, 0.717) is 18.4 Å². The van der Waals surface area contributed by atoms with Crippen LogP contribution < -0.4 is 0 Å². The molecule has 0 aliphatic carbocycles. The van der Waals surface area contributed by atoms with Crippen LogP contribution in [0, 0.1) is 0 Å². The van der Waals surface area contributed by atoms with Crippen LogP contribution in [0.25, 0.3) is 0 Å². The molecule has 0 spiro atoms. The third-order valence-corrected chi connectivity index (χ3v) is 2.46. The molecule has 1 saturated heterocycles. The molecule has 0 radical (unpaired) electrons. The molecule has 1 unspecified atom stereocenters. The van der Waals surface area contributed by atoms with Crippen molar-refractivity contribution in [3.05, 3.63) is 0 Å². The summed E-state index contributed by atoms with van der Waals surface area (Å²) < 4.78 is 0. The highest BCUT2D eigenvalue weighted by atomic mass is 16.2. The molecule has 1 aliphatic heterocycles. The van der Waals surface area contributed by atoms with Crippen molar-refractivity contribution in [3.8, 4) is 0 Å². The van der Waals surface area contributed by atoms with Crippen molar-refractivity contribution in [2.45, 2.75) is 46.1 Å². The number of hydrazine groups is 1. The van der Waals surface area contributed by atoms with Gasteiger partial charge in [-0.2, -0.15) is 0 Å². The molecule has 0 aromatic heterocycles. The minimum Gasteiger partial charge on any atom is -0.275 e. The van der Waals surface area contributed by atoms with E-state index in [1.54, 1.807) is 0 Å². The van der Waals surface area contributed by atoms with Crippen molar-refractivity contribution in [3.63, 3.8) is 0 Å². The van der Waals surface area contributed by atoms with E-state index in [4.69, 9.17) is 0 Å². The molecule has 0 N–H and O–H groups in total. The number of amides is 1. The molecule has 1 aliphatic rings. The lowest BCUT2D eigenvalue weighted by Crippen LogP contribution is -2.42. The highest BCUT2D eigenvalue weighted by Gasteiger charge is 2.33. The van der Waals surface area contributed by atoms with E-state index in [-0.39, 0.29) is 0 Å². The number of hydrogen-bond acceptors (Lipinski definition) is 2. The van der Waals surface area contributed by atoms with Crippen molar-refractivity contribution in [2.24, 2.45) is 0 Å². The first-order chi connectivity index (χ1) is 6.20. The summed E-state index contributed by atoms with van der Waals surface area (Å²) in [7, 11) is 0. The SMILES string of the molecule is CCCN1C(=O)CC(C)N1CCC. The van der Waals surface area contributed by atoms with E-state index >= 15 is 0 Å². The molecule has 1 fully saturated rings. The predicted octanol–water partition coefficient (Wildman–Crippen LogP) is 1.64. The first-order valence-corrected chi connectivity index (χ1v) is 5.27. The minimum atomic E-state index is 0.294. The summed E-state index contributed by atoms with van der Waals surface area (Å²) >= 11 is 0. The van der Waals surface area contributed by atoms with Gasteiger partial charge in [0.15, 0.2) is 0 Å². The second-order valence-electron chi connectivity index (χ2n) is 3.73. The molecule has 1 atom stereocenters. The van der Waals surface area contributed by atoms with Crippen LogP contribution in [0.5, 0.6) is 0 Å². The van der Waals surface area contributed by atoms with Gasteiger partial charge in [-0.1, -0.05) is 13.8 Å². The average Bonchev–Trinajstić information content (AvgIpc) is 2.33. The van der Waals surface area contributed by atoms with Crippen molar-refractivity contribution < 1.29 is 4.79 Å². The zero-order valence-electron chi connectivity index (χ0n) is 8.92. The van der Waals surface area contributed by atoms with Gasteiger partial charge in [0, 0.05) is 25.6 Å². The first-order valence-electron chi connectivity index (χ1n) is 5.27. The molecule has 1 rings (SSSR count). The predicted molar refractivity (Wildman–Crippen MR) is 53.1 cm³/mol. The van der Waals surface area contributed by atoms with Crippen LogP contribution in [-0.2, 0) is 4.79 Å². The van der Waals surface area contributed by atoms with Crippen LogP contribution in [0.4, 0.5) is 0 Å². The summed E-state index contributed by atoms with van der Waals surface area (Å²) in [4.78, 5) is 11.5. The quantitative estimate of drug-likeness (QED) is 0.663. The van der Waals surface area contributed by atoms with Crippen molar-refractivity contribution in [1.82, 2.24) is 10.0 Å². The lowest BCUT2D eigenvalue weighted by molar-refractivity contribution is -0.138. The number of nitrogens with zero attached hydrogens (tertiary/aromatic N) is 2. The topological polar surface area (TPSA) is 23.6 Å². The maximum Gasteiger partial charge on any atom is 0.238 e. The second kappa shape index (κ2) is 4.61. The van der Waals surface area contributed by atoms with Gasteiger partial charge in [-0.05, 0) is 19.8 Å². The average molecular weight is 184 g/mol. The molecular weight excluding hydrogens is 164 g/mol. The van der Waals surface area contributed by atoms with Gasteiger partial charge in [0.1, 0.15) is 0 Å². The summed E-state index contributed by atoms with van der Waals surface area (Å²) in [5.41, 5.74) is 0. The van der Waals surface area contributed by atoms with Gasteiger partial charge in [-0.25, -0.2) is 5.01 Å². The molecule has 3 heteroatoms. The van der Waals surface area contributed by atoms with Crippen LogP contribution in [0.15, 0.2) is 0 Å². The number of carbonyl (C=O) groups excluding carboxylic acids is 1. The Morgan fingerprint density at radius 1 is 1.31 bits per heavy atom. The van der Waals surface area contributed by atoms with Gasteiger partial charge in [-0.3, -0.25) is 9.80 Å². The molecule has 3 nitrogen and oxygen atoms in total. The Kier molecular flexibility index (Phi) is 3.72. The molecule has 1 heterocycles. The van der Waals surface area contributed by atoms with Gasteiger partial charge >= 0.3 is 0 Å². The van der Waals surface area contributed by atoms with Crippen LogP contribution in [0.3, 0.4) is 0 Å². The fourth-order valence-corrected chi connectivity index (χ4v) is 1.88. The normalized spacial score (nSPS) is 24.4. The highest BCUT2D eigenvalue weighted by molar-refractivity contribution is 5.78. The van der Waals surface area contributed by atoms with E-state index in [1.807, 2.05) is 5.01 Å². The number of rotatable bonds is 4. The van der Waals surface area contributed by atoms with Crippen LogP contribution >= 0.6 is 0 Å². The third-order valence-electron chi connectivity index (χ3n) is 2.46. The Morgan fingerprint density at radius 2 is 1.92 bits per heavy atom. The zero-order chi connectivity index (χ0) is 9.84. The lowest BCUT2D eigenvalue weighted by atomic mass is 10.2. The summed E-state index contributed by atoms with van der Waals surface area (Å²) in [5.74, 6) is 0.294. The Morgan fingerprint density at radius 3 is 2.46 bits per heavy atom. The minimum absolute atomic E-state index is 0.294. The smallest absolute Gasteiger partial charge is 0.238 e. The zero-order valence-corrected chi connectivity index (χ0v) is 8.92. The maximum atomic E-state index is 11.5.